The normalized spacial score (nSPS) is 11.0. The number of hydrogen-bond acceptors (Lipinski definition) is 5. The van der Waals surface area contributed by atoms with Crippen LogP contribution in [0.4, 0.5) is 5.69 Å². The number of para-hydroxylation sites is 1. The number of amides is 1. The van der Waals surface area contributed by atoms with Gasteiger partial charge in [-0.2, -0.15) is 5.10 Å². The van der Waals surface area contributed by atoms with Gasteiger partial charge >= 0.3 is 0 Å². The maximum absolute atomic E-state index is 12.3. The Morgan fingerprint density at radius 2 is 1.48 bits per heavy atom. The van der Waals surface area contributed by atoms with Crippen LogP contribution in [-0.4, -0.2) is 28.3 Å². The zero-order valence-electron chi connectivity index (χ0n) is 13.3. The first-order valence-electron chi connectivity index (χ1n) is 7.61. The minimum Gasteiger partial charge on any atom is -0.267 e. The number of nitrogens with zero attached hydrogens (tertiary/aromatic N) is 4. The van der Waals surface area contributed by atoms with Crippen LogP contribution in [0.25, 0.3) is 0 Å². The average Bonchev–Trinajstić information content (AvgIpc) is 2.68. The summed E-state index contributed by atoms with van der Waals surface area (Å²) in [6.07, 6.45) is 6.44. The van der Waals surface area contributed by atoms with Gasteiger partial charge in [-0.05, 0) is 36.4 Å². The molecule has 25 heavy (non-hydrogen) atoms. The fraction of sp³-hybridized carbons (Fsp3) is 0. The number of carbonyl (C=O) groups excluding carboxylic acids is 1. The monoisotopic (exact) mass is 329 g/mol. The van der Waals surface area contributed by atoms with Crippen LogP contribution in [0.3, 0.4) is 0 Å². The van der Waals surface area contributed by atoms with Gasteiger partial charge in [-0.1, -0.05) is 24.3 Å². The molecule has 0 saturated carbocycles. The van der Waals surface area contributed by atoms with Crippen LogP contribution in [0.15, 0.2) is 83.2 Å². The van der Waals surface area contributed by atoms with Gasteiger partial charge in [0.15, 0.2) is 0 Å². The molecule has 0 fully saturated rings. The Balaban J connectivity index is 1.72. The Labute approximate surface area is 145 Å². The van der Waals surface area contributed by atoms with Crippen LogP contribution in [0.1, 0.15) is 21.7 Å². The van der Waals surface area contributed by atoms with E-state index in [0.29, 0.717) is 22.6 Å². The molecule has 0 aliphatic rings. The van der Waals surface area contributed by atoms with Gasteiger partial charge in [0, 0.05) is 12.4 Å². The molecule has 0 radical (unpaired) electrons. The van der Waals surface area contributed by atoms with Crippen LogP contribution in [0.2, 0.25) is 0 Å². The van der Waals surface area contributed by atoms with Gasteiger partial charge in [0.25, 0.3) is 5.91 Å². The lowest BCUT2D eigenvalue weighted by Gasteiger charge is -2.03. The number of nitrogens with one attached hydrogen (secondary N) is 1. The van der Waals surface area contributed by atoms with E-state index < -0.39 is 0 Å². The first-order valence-corrected chi connectivity index (χ1v) is 7.61. The number of hydrazone groups is 1. The molecular formula is C19H15N5O. The standard InChI is InChI=1S/C19H15N5O/c25-19(24-23-14-16-8-4-6-12-21-16)17-9-1-2-10-18(17)22-13-15-7-3-5-11-20-15/h1-14H,(H,24,25)/b22-13?,23-14+. The predicted molar refractivity (Wildman–Crippen MR) is 97.2 cm³/mol. The third-order valence-electron chi connectivity index (χ3n) is 3.22. The fourth-order valence-electron chi connectivity index (χ4n) is 2.04. The molecule has 0 saturated heterocycles. The molecule has 0 unspecified atom stereocenters. The second-order valence-corrected chi connectivity index (χ2v) is 4.98. The highest BCUT2D eigenvalue weighted by Gasteiger charge is 2.09. The number of benzene rings is 1. The molecule has 3 rings (SSSR count). The van der Waals surface area contributed by atoms with Crippen molar-refractivity contribution in [2.45, 2.75) is 0 Å². The summed E-state index contributed by atoms with van der Waals surface area (Å²) in [6, 6.07) is 18.0. The van der Waals surface area contributed by atoms with E-state index in [4.69, 9.17) is 0 Å². The number of rotatable bonds is 5. The second-order valence-electron chi connectivity index (χ2n) is 4.98. The molecule has 0 aliphatic carbocycles. The van der Waals surface area contributed by atoms with E-state index in [2.05, 4.69) is 25.5 Å². The third kappa shape index (κ3) is 4.65. The predicted octanol–water partition coefficient (Wildman–Crippen LogP) is 2.99. The molecule has 122 valence electrons. The topological polar surface area (TPSA) is 79.6 Å². The molecule has 1 amide bonds. The van der Waals surface area contributed by atoms with Gasteiger partial charge in [0.2, 0.25) is 0 Å². The van der Waals surface area contributed by atoms with Gasteiger partial charge in [-0.3, -0.25) is 19.8 Å². The molecule has 1 aromatic carbocycles. The maximum Gasteiger partial charge on any atom is 0.273 e. The van der Waals surface area contributed by atoms with E-state index in [1.54, 1.807) is 42.9 Å². The van der Waals surface area contributed by atoms with Crippen molar-refractivity contribution >= 4 is 24.0 Å². The van der Waals surface area contributed by atoms with E-state index in [-0.39, 0.29) is 5.91 Å². The van der Waals surface area contributed by atoms with Crippen molar-refractivity contribution in [2.75, 3.05) is 0 Å². The Kier molecular flexibility index (Phi) is 5.35. The Morgan fingerprint density at radius 3 is 2.16 bits per heavy atom. The molecule has 0 aliphatic heterocycles. The highest BCUT2D eigenvalue weighted by Crippen LogP contribution is 2.18. The summed E-state index contributed by atoms with van der Waals surface area (Å²) in [5.41, 5.74) is 4.82. The molecule has 0 atom stereocenters. The van der Waals surface area contributed by atoms with Crippen molar-refractivity contribution in [2.24, 2.45) is 10.1 Å². The van der Waals surface area contributed by atoms with Gasteiger partial charge in [-0.25, -0.2) is 5.43 Å². The highest BCUT2D eigenvalue weighted by atomic mass is 16.2. The highest BCUT2D eigenvalue weighted by molar-refractivity contribution is 6.00. The quantitative estimate of drug-likeness (QED) is 0.577. The summed E-state index contributed by atoms with van der Waals surface area (Å²) < 4.78 is 0. The molecule has 6 heteroatoms. The summed E-state index contributed by atoms with van der Waals surface area (Å²) in [5.74, 6) is -0.346. The lowest BCUT2D eigenvalue weighted by atomic mass is 10.1. The van der Waals surface area contributed by atoms with E-state index in [1.807, 2.05) is 36.4 Å². The summed E-state index contributed by atoms with van der Waals surface area (Å²) in [6.45, 7) is 0. The largest absolute Gasteiger partial charge is 0.273 e. The Morgan fingerprint density at radius 1 is 0.840 bits per heavy atom. The number of carbonyl (C=O) groups is 1. The van der Waals surface area contributed by atoms with Gasteiger partial charge in [0.1, 0.15) is 0 Å². The van der Waals surface area contributed by atoms with Gasteiger partial charge in [0.05, 0.1) is 35.1 Å². The van der Waals surface area contributed by atoms with Crippen molar-refractivity contribution in [3.05, 3.63) is 90.0 Å². The molecule has 0 bridgehead atoms. The lowest BCUT2D eigenvalue weighted by Crippen LogP contribution is -2.17. The second kappa shape index (κ2) is 8.26. The van der Waals surface area contributed by atoms with E-state index >= 15 is 0 Å². The SMILES string of the molecule is O=C(N/N=C/c1ccccn1)c1ccccc1N=Cc1ccccn1. The van der Waals surface area contributed by atoms with Crippen LogP contribution in [-0.2, 0) is 0 Å². The number of hydrogen-bond donors (Lipinski definition) is 1. The van der Waals surface area contributed by atoms with E-state index in [0.717, 1.165) is 0 Å². The molecular weight excluding hydrogens is 314 g/mol. The average molecular weight is 329 g/mol. The van der Waals surface area contributed by atoms with E-state index in [1.165, 1.54) is 6.21 Å². The Bertz CT molecular complexity index is 892. The third-order valence-corrected chi connectivity index (χ3v) is 3.22. The van der Waals surface area contributed by atoms with Crippen LogP contribution in [0, 0.1) is 0 Å². The number of aliphatic imine (C=N–C) groups is 1. The number of aromatic nitrogens is 2. The van der Waals surface area contributed by atoms with Crippen molar-refractivity contribution in [1.82, 2.24) is 15.4 Å². The van der Waals surface area contributed by atoms with Crippen LogP contribution >= 0.6 is 0 Å². The first kappa shape index (κ1) is 16.2. The minimum atomic E-state index is -0.346. The zero-order chi connectivity index (χ0) is 17.3. The zero-order valence-corrected chi connectivity index (χ0v) is 13.3. The fourth-order valence-corrected chi connectivity index (χ4v) is 2.04. The van der Waals surface area contributed by atoms with Gasteiger partial charge < -0.3 is 0 Å². The Hall–Kier alpha value is -3.67. The minimum absolute atomic E-state index is 0.346. The van der Waals surface area contributed by atoms with Gasteiger partial charge in [-0.15, -0.1) is 0 Å². The summed E-state index contributed by atoms with van der Waals surface area (Å²) in [5, 5.41) is 3.93. The smallest absolute Gasteiger partial charge is 0.267 e. The van der Waals surface area contributed by atoms with Crippen LogP contribution in [0.5, 0.6) is 0 Å². The lowest BCUT2D eigenvalue weighted by molar-refractivity contribution is 0.0956. The molecule has 2 heterocycles. The summed E-state index contributed by atoms with van der Waals surface area (Å²) >= 11 is 0. The van der Waals surface area contributed by atoms with Crippen LogP contribution < -0.4 is 5.43 Å². The first-order chi connectivity index (χ1) is 12.3. The number of pyridine rings is 2. The van der Waals surface area contributed by atoms with Crippen molar-refractivity contribution < 1.29 is 4.79 Å². The maximum atomic E-state index is 12.3. The van der Waals surface area contributed by atoms with E-state index in [9.17, 15) is 4.79 Å². The molecule has 6 nitrogen and oxygen atoms in total. The molecule has 3 aromatic rings. The van der Waals surface area contributed by atoms with Crippen molar-refractivity contribution in [3.8, 4) is 0 Å². The van der Waals surface area contributed by atoms with Crippen molar-refractivity contribution in [1.29, 1.82) is 0 Å². The molecule has 0 spiro atoms. The summed E-state index contributed by atoms with van der Waals surface area (Å²) in [4.78, 5) is 25.0. The molecule has 2 aromatic heterocycles. The summed E-state index contributed by atoms with van der Waals surface area (Å²) in [7, 11) is 0. The molecule has 1 N–H and O–H groups in total. The van der Waals surface area contributed by atoms with Crippen molar-refractivity contribution in [3.63, 3.8) is 0 Å².